The number of β-amino-alcohol motifs (C(OH)–C–C–N with tert-alkyl or cyclic N) is 1. The number of piperidine rings is 1. The average Bonchev–Trinajstić information content (AvgIpc) is 3.24. The summed E-state index contributed by atoms with van der Waals surface area (Å²) in [7, 11) is -2.00. The van der Waals surface area contributed by atoms with E-state index in [-0.39, 0.29) is 29.8 Å². The molecule has 1 saturated heterocycles. The van der Waals surface area contributed by atoms with Gasteiger partial charge in [-0.05, 0) is 49.1 Å². The van der Waals surface area contributed by atoms with Crippen LogP contribution in [0, 0.1) is 11.8 Å². The van der Waals surface area contributed by atoms with Gasteiger partial charge in [-0.3, -0.25) is 0 Å². The first-order chi connectivity index (χ1) is 19.0. The maximum absolute atomic E-state index is 13.5. The van der Waals surface area contributed by atoms with Crippen molar-refractivity contribution in [2.75, 3.05) is 56.8 Å². The fourth-order valence-corrected chi connectivity index (χ4v) is 5.48. The van der Waals surface area contributed by atoms with Crippen molar-refractivity contribution in [3.05, 3.63) is 48.2 Å². The lowest BCUT2D eigenvalue weighted by molar-refractivity contribution is -0.140. The molecule has 8 nitrogen and oxygen atoms in total. The molecule has 0 saturated carbocycles. The third kappa shape index (κ3) is 7.41. The van der Waals surface area contributed by atoms with Gasteiger partial charge in [0.15, 0.2) is 9.84 Å². The molecule has 3 aromatic rings. The van der Waals surface area contributed by atoms with Gasteiger partial charge >= 0.3 is 6.18 Å². The topological polar surface area (TPSA) is 95.8 Å². The number of aliphatic hydroxyl groups excluding tert-OH is 1. The number of hydrogen-bond acceptors (Lipinski definition) is 7. The van der Waals surface area contributed by atoms with Gasteiger partial charge in [0.25, 0.3) is 0 Å². The first kappa shape index (κ1) is 29.6. The normalized spacial score (nSPS) is 15.1. The number of methoxy groups -OCH3 is 1. The van der Waals surface area contributed by atoms with Crippen LogP contribution in [-0.4, -0.2) is 81.4 Å². The molecule has 0 bridgehead atoms. The van der Waals surface area contributed by atoms with E-state index in [1.807, 2.05) is 6.07 Å². The second kappa shape index (κ2) is 12.4. The highest BCUT2D eigenvalue weighted by molar-refractivity contribution is 7.90. The first-order valence-corrected chi connectivity index (χ1v) is 14.8. The standard InChI is InChI=1S/C28H33F3N4O4S/c1-39-27-18-22(40(2,37)38)8-9-25(27)32-12-4-5-21-17-23-24(33-20-10-13-34(14-11-20)15-16-36)6-3-7-26(23)35(21)19-28(29,30)31/h3,6-9,17-18,20,32-33,36H,10-16,19H2,1-2H3. The van der Waals surface area contributed by atoms with Crippen LogP contribution >= 0.6 is 0 Å². The number of alkyl halides is 3. The Kier molecular flexibility index (Phi) is 9.18. The van der Waals surface area contributed by atoms with Crippen LogP contribution in [0.5, 0.6) is 5.75 Å². The number of ether oxygens (including phenoxy) is 1. The smallest absolute Gasteiger partial charge is 0.406 e. The Hall–Kier alpha value is -3.40. The zero-order chi connectivity index (χ0) is 28.9. The van der Waals surface area contributed by atoms with Gasteiger partial charge in [0.05, 0.1) is 42.1 Å². The number of nitrogens with zero attached hydrogens (tertiary/aromatic N) is 2. The van der Waals surface area contributed by atoms with Crippen molar-refractivity contribution in [3.8, 4) is 17.6 Å². The molecule has 1 aliphatic heterocycles. The second-order valence-corrected chi connectivity index (χ2v) is 11.8. The SMILES string of the molecule is COc1cc(S(C)(=O)=O)ccc1NCC#Cc1cc2c(NC3CCN(CCO)CC3)cccc2n1CC(F)(F)F. The molecule has 0 unspecified atom stereocenters. The Morgan fingerprint density at radius 1 is 1.12 bits per heavy atom. The molecule has 12 heteroatoms. The van der Waals surface area contributed by atoms with Crippen LogP contribution in [0.3, 0.4) is 0 Å². The van der Waals surface area contributed by atoms with Gasteiger partial charge in [0.1, 0.15) is 12.3 Å². The van der Waals surface area contributed by atoms with Gasteiger partial charge in [-0.2, -0.15) is 13.2 Å². The number of rotatable bonds is 9. The number of anilines is 2. The minimum absolute atomic E-state index is 0.0969. The molecule has 2 aromatic carbocycles. The van der Waals surface area contributed by atoms with Crippen LogP contribution < -0.4 is 15.4 Å². The average molecular weight is 579 g/mol. The summed E-state index contributed by atoms with van der Waals surface area (Å²) in [5.41, 5.74) is 1.95. The Labute approximate surface area is 232 Å². The van der Waals surface area contributed by atoms with Crippen LogP contribution in [0.15, 0.2) is 47.4 Å². The molecule has 40 heavy (non-hydrogen) atoms. The van der Waals surface area contributed by atoms with Crippen molar-refractivity contribution in [1.29, 1.82) is 0 Å². The lowest BCUT2D eigenvalue weighted by atomic mass is 10.0. The number of likely N-dealkylation sites (tertiary alicyclic amines) is 1. The molecule has 1 fully saturated rings. The molecule has 0 atom stereocenters. The van der Waals surface area contributed by atoms with E-state index in [9.17, 15) is 21.6 Å². The Morgan fingerprint density at radius 3 is 2.52 bits per heavy atom. The predicted octanol–water partition coefficient (Wildman–Crippen LogP) is 3.95. The van der Waals surface area contributed by atoms with Crippen molar-refractivity contribution in [1.82, 2.24) is 9.47 Å². The van der Waals surface area contributed by atoms with Crippen molar-refractivity contribution in [3.63, 3.8) is 0 Å². The third-order valence-electron chi connectivity index (χ3n) is 6.83. The fourth-order valence-electron chi connectivity index (χ4n) is 4.85. The van der Waals surface area contributed by atoms with Gasteiger partial charge in [0, 0.05) is 49.1 Å². The molecule has 1 aromatic heterocycles. The lowest BCUT2D eigenvalue weighted by Crippen LogP contribution is -2.40. The summed E-state index contributed by atoms with van der Waals surface area (Å²) in [6, 6.07) is 11.5. The summed E-state index contributed by atoms with van der Waals surface area (Å²) in [6.45, 7) is 1.37. The number of aliphatic hydroxyl groups is 1. The summed E-state index contributed by atoms with van der Waals surface area (Å²) < 4.78 is 70.7. The number of aromatic nitrogens is 1. The minimum atomic E-state index is -4.43. The Morgan fingerprint density at radius 2 is 1.88 bits per heavy atom. The zero-order valence-electron chi connectivity index (χ0n) is 22.4. The highest BCUT2D eigenvalue weighted by atomic mass is 32.2. The third-order valence-corrected chi connectivity index (χ3v) is 7.94. The molecule has 216 valence electrons. The number of hydrogen-bond donors (Lipinski definition) is 3. The molecule has 3 N–H and O–H groups in total. The van der Waals surface area contributed by atoms with Crippen molar-refractivity contribution < 1.29 is 31.4 Å². The second-order valence-electron chi connectivity index (χ2n) is 9.74. The lowest BCUT2D eigenvalue weighted by Gasteiger charge is -2.32. The molecule has 1 aliphatic rings. The van der Waals surface area contributed by atoms with E-state index >= 15 is 0 Å². The molecule has 0 amide bonds. The minimum Gasteiger partial charge on any atom is -0.495 e. The van der Waals surface area contributed by atoms with Gasteiger partial charge in [-0.1, -0.05) is 12.0 Å². The van der Waals surface area contributed by atoms with Crippen LogP contribution in [0.2, 0.25) is 0 Å². The number of fused-ring (bicyclic) bond motifs is 1. The number of nitrogens with one attached hydrogen (secondary N) is 2. The van der Waals surface area contributed by atoms with E-state index in [0.29, 0.717) is 28.9 Å². The molecule has 0 radical (unpaired) electrons. The largest absolute Gasteiger partial charge is 0.495 e. The number of halogens is 3. The highest BCUT2D eigenvalue weighted by Gasteiger charge is 2.30. The van der Waals surface area contributed by atoms with Crippen molar-refractivity contribution in [2.24, 2.45) is 0 Å². The monoisotopic (exact) mass is 578 g/mol. The van der Waals surface area contributed by atoms with Crippen molar-refractivity contribution in [2.45, 2.75) is 36.5 Å². The molecule has 0 aliphatic carbocycles. The van der Waals surface area contributed by atoms with Crippen LogP contribution in [0.25, 0.3) is 10.9 Å². The fraction of sp³-hybridized carbons (Fsp3) is 0.429. The predicted molar refractivity (Wildman–Crippen MR) is 150 cm³/mol. The maximum Gasteiger partial charge on any atom is 0.406 e. The van der Waals surface area contributed by atoms with Gasteiger partial charge in [-0.25, -0.2) is 8.42 Å². The molecule has 2 heterocycles. The van der Waals surface area contributed by atoms with E-state index < -0.39 is 22.6 Å². The summed E-state index contributed by atoms with van der Waals surface area (Å²) in [6.07, 6.45) is -1.60. The molecule has 0 spiro atoms. The van der Waals surface area contributed by atoms with Gasteiger partial charge in [0.2, 0.25) is 0 Å². The number of sulfone groups is 1. The van der Waals surface area contributed by atoms with E-state index in [1.54, 1.807) is 24.3 Å². The van der Waals surface area contributed by atoms with Crippen LogP contribution in [0.4, 0.5) is 24.5 Å². The van der Waals surface area contributed by atoms with E-state index in [1.165, 1.54) is 23.8 Å². The first-order valence-electron chi connectivity index (χ1n) is 12.9. The molecule has 4 rings (SSSR count). The summed E-state index contributed by atoms with van der Waals surface area (Å²) in [5.74, 6) is 6.07. The van der Waals surface area contributed by atoms with E-state index in [4.69, 9.17) is 9.84 Å². The maximum atomic E-state index is 13.5. The van der Waals surface area contributed by atoms with E-state index in [0.717, 1.165) is 37.9 Å². The molecular weight excluding hydrogens is 545 g/mol. The van der Waals surface area contributed by atoms with Gasteiger partial charge in [-0.15, -0.1) is 0 Å². The van der Waals surface area contributed by atoms with Crippen LogP contribution in [0.1, 0.15) is 18.5 Å². The summed E-state index contributed by atoms with van der Waals surface area (Å²) >= 11 is 0. The molecular formula is C28H33F3N4O4S. The van der Waals surface area contributed by atoms with Crippen LogP contribution in [-0.2, 0) is 16.4 Å². The highest BCUT2D eigenvalue weighted by Crippen LogP contribution is 2.31. The Balaban J connectivity index is 1.56. The zero-order valence-corrected chi connectivity index (χ0v) is 23.2. The summed E-state index contributed by atoms with van der Waals surface area (Å²) in [4.78, 5) is 2.30. The number of benzene rings is 2. The van der Waals surface area contributed by atoms with Crippen molar-refractivity contribution >= 4 is 32.1 Å². The van der Waals surface area contributed by atoms with E-state index in [2.05, 4.69) is 27.4 Å². The Bertz CT molecular complexity index is 1500. The summed E-state index contributed by atoms with van der Waals surface area (Å²) in [5, 5.41) is 16.4. The van der Waals surface area contributed by atoms with Gasteiger partial charge < -0.3 is 29.9 Å². The quantitative estimate of drug-likeness (QED) is 0.331.